The zero-order valence-corrected chi connectivity index (χ0v) is 17.4. The van der Waals surface area contributed by atoms with E-state index in [9.17, 15) is 19.7 Å². The van der Waals surface area contributed by atoms with Crippen molar-refractivity contribution in [3.05, 3.63) is 57.1 Å². The number of benzene rings is 2. The molecular weight excluding hydrogens is 452 g/mol. The number of esters is 1. The number of nitrogens with zero attached hydrogens (tertiary/aromatic N) is 1. The molecule has 0 heterocycles. The number of rotatable bonds is 8. The van der Waals surface area contributed by atoms with Gasteiger partial charge in [-0.2, -0.15) is 0 Å². The van der Waals surface area contributed by atoms with Crippen LogP contribution < -0.4 is 10.1 Å². The molecule has 0 aliphatic rings. The topological polar surface area (TPSA) is 108 Å². The SMILES string of the molecule is COc1ccc([N+](=O)[O-])cc1NC(=O)C(C)OC(=O)CSc1ccc(Br)cc1. The monoisotopic (exact) mass is 468 g/mol. The summed E-state index contributed by atoms with van der Waals surface area (Å²) in [7, 11) is 1.37. The summed E-state index contributed by atoms with van der Waals surface area (Å²) in [6.45, 7) is 1.42. The summed E-state index contributed by atoms with van der Waals surface area (Å²) in [6.07, 6.45) is -1.08. The second-order valence-corrected chi connectivity index (χ2v) is 7.47. The van der Waals surface area contributed by atoms with Crippen LogP contribution in [0.4, 0.5) is 11.4 Å². The van der Waals surface area contributed by atoms with Gasteiger partial charge in [-0.15, -0.1) is 11.8 Å². The number of hydrogen-bond acceptors (Lipinski definition) is 7. The Hall–Kier alpha value is -2.59. The molecule has 0 saturated carbocycles. The molecule has 1 unspecified atom stereocenters. The number of amides is 1. The Balaban J connectivity index is 1.93. The molecule has 1 atom stereocenters. The van der Waals surface area contributed by atoms with Gasteiger partial charge in [-0.25, -0.2) is 0 Å². The van der Waals surface area contributed by atoms with Gasteiger partial charge in [-0.05, 0) is 37.3 Å². The Morgan fingerprint density at radius 2 is 1.93 bits per heavy atom. The van der Waals surface area contributed by atoms with Crippen molar-refractivity contribution in [2.75, 3.05) is 18.2 Å². The van der Waals surface area contributed by atoms with Gasteiger partial charge in [0.15, 0.2) is 6.10 Å². The van der Waals surface area contributed by atoms with Gasteiger partial charge in [-0.3, -0.25) is 19.7 Å². The predicted octanol–water partition coefficient (Wildman–Crippen LogP) is 4.03. The number of carbonyl (C=O) groups excluding carboxylic acids is 2. The maximum absolute atomic E-state index is 12.3. The first kappa shape index (κ1) is 21.7. The molecule has 2 rings (SSSR count). The number of hydrogen-bond donors (Lipinski definition) is 1. The maximum Gasteiger partial charge on any atom is 0.317 e. The number of ether oxygens (including phenoxy) is 2. The highest BCUT2D eigenvalue weighted by Gasteiger charge is 2.21. The minimum Gasteiger partial charge on any atom is -0.495 e. The summed E-state index contributed by atoms with van der Waals surface area (Å²) in [5.74, 6) is -0.884. The molecule has 2 aromatic rings. The van der Waals surface area contributed by atoms with Crippen molar-refractivity contribution in [3.63, 3.8) is 0 Å². The van der Waals surface area contributed by atoms with Gasteiger partial charge in [0.2, 0.25) is 0 Å². The van der Waals surface area contributed by atoms with Crippen molar-refractivity contribution >= 4 is 50.9 Å². The van der Waals surface area contributed by atoms with Crippen LogP contribution >= 0.6 is 27.7 Å². The lowest BCUT2D eigenvalue weighted by atomic mass is 10.2. The molecule has 28 heavy (non-hydrogen) atoms. The Bertz CT molecular complexity index is 875. The van der Waals surface area contributed by atoms with E-state index in [1.807, 2.05) is 24.3 Å². The fourth-order valence-electron chi connectivity index (χ4n) is 2.10. The van der Waals surface area contributed by atoms with Crippen LogP contribution in [0.3, 0.4) is 0 Å². The van der Waals surface area contributed by atoms with Gasteiger partial charge in [0, 0.05) is 21.5 Å². The first-order valence-corrected chi connectivity index (χ1v) is 9.79. The third kappa shape index (κ3) is 6.24. The molecule has 8 nitrogen and oxygen atoms in total. The Kier molecular flexibility index (Phi) is 7.82. The van der Waals surface area contributed by atoms with E-state index >= 15 is 0 Å². The van der Waals surface area contributed by atoms with Crippen LogP contribution in [-0.4, -0.2) is 35.8 Å². The number of halogens is 1. The van der Waals surface area contributed by atoms with Crippen LogP contribution in [0.1, 0.15) is 6.92 Å². The van der Waals surface area contributed by atoms with E-state index in [1.165, 1.54) is 44.0 Å². The van der Waals surface area contributed by atoms with E-state index in [-0.39, 0.29) is 22.9 Å². The van der Waals surface area contributed by atoms with Gasteiger partial charge in [0.25, 0.3) is 11.6 Å². The van der Waals surface area contributed by atoms with Crippen LogP contribution in [0.25, 0.3) is 0 Å². The van der Waals surface area contributed by atoms with E-state index in [0.717, 1.165) is 9.37 Å². The number of non-ortho nitro benzene ring substituents is 1. The number of thioether (sulfide) groups is 1. The molecule has 0 aliphatic carbocycles. The van der Waals surface area contributed by atoms with Crippen LogP contribution in [0, 0.1) is 10.1 Å². The molecule has 10 heteroatoms. The highest BCUT2D eigenvalue weighted by Crippen LogP contribution is 2.29. The van der Waals surface area contributed by atoms with Crippen LogP contribution in [-0.2, 0) is 14.3 Å². The largest absolute Gasteiger partial charge is 0.495 e. The Morgan fingerprint density at radius 3 is 2.54 bits per heavy atom. The minimum absolute atomic E-state index is 0.0411. The van der Waals surface area contributed by atoms with Crippen molar-refractivity contribution in [1.29, 1.82) is 0 Å². The highest BCUT2D eigenvalue weighted by molar-refractivity contribution is 9.10. The van der Waals surface area contributed by atoms with Crippen LogP contribution in [0.15, 0.2) is 51.8 Å². The first-order valence-electron chi connectivity index (χ1n) is 8.01. The first-order chi connectivity index (χ1) is 13.3. The molecule has 2 aromatic carbocycles. The molecule has 1 amide bonds. The summed E-state index contributed by atoms with van der Waals surface area (Å²) in [6, 6.07) is 11.2. The number of nitro groups is 1. The number of nitro benzene ring substituents is 1. The van der Waals surface area contributed by atoms with Gasteiger partial charge in [-0.1, -0.05) is 15.9 Å². The molecule has 0 aromatic heterocycles. The fraction of sp³-hybridized carbons (Fsp3) is 0.222. The second-order valence-electron chi connectivity index (χ2n) is 5.51. The van der Waals surface area contributed by atoms with Crippen LogP contribution in [0.5, 0.6) is 5.75 Å². The molecule has 0 bridgehead atoms. The third-order valence-electron chi connectivity index (χ3n) is 3.50. The van der Waals surface area contributed by atoms with Crippen molar-refractivity contribution in [3.8, 4) is 5.75 Å². The van der Waals surface area contributed by atoms with E-state index in [2.05, 4.69) is 21.2 Å². The number of anilines is 1. The van der Waals surface area contributed by atoms with Gasteiger partial charge in [0.05, 0.1) is 23.5 Å². The highest BCUT2D eigenvalue weighted by atomic mass is 79.9. The number of nitrogens with one attached hydrogen (secondary N) is 1. The van der Waals surface area contributed by atoms with Gasteiger partial charge < -0.3 is 14.8 Å². The lowest BCUT2D eigenvalue weighted by Gasteiger charge is -2.15. The molecule has 0 radical (unpaired) electrons. The third-order valence-corrected chi connectivity index (χ3v) is 5.01. The zero-order valence-electron chi connectivity index (χ0n) is 15.0. The Morgan fingerprint density at radius 1 is 1.25 bits per heavy atom. The summed E-state index contributed by atoms with van der Waals surface area (Å²) in [5, 5.41) is 13.4. The van der Waals surface area contributed by atoms with Gasteiger partial charge >= 0.3 is 5.97 Å². The summed E-state index contributed by atoms with van der Waals surface area (Å²) in [4.78, 5) is 35.5. The number of carbonyl (C=O) groups is 2. The smallest absolute Gasteiger partial charge is 0.317 e. The zero-order chi connectivity index (χ0) is 20.7. The summed E-state index contributed by atoms with van der Waals surface area (Å²) >= 11 is 4.62. The molecule has 0 spiro atoms. The lowest BCUT2D eigenvalue weighted by Crippen LogP contribution is -2.30. The minimum atomic E-state index is -1.08. The van der Waals surface area contributed by atoms with E-state index < -0.39 is 22.9 Å². The quantitative estimate of drug-likeness (QED) is 0.269. The lowest BCUT2D eigenvalue weighted by molar-refractivity contribution is -0.384. The number of methoxy groups -OCH3 is 1. The molecular formula is C18H17BrN2O6S. The van der Waals surface area contributed by atoms with Crippen LogP contribution in [0.2, 0.25) is 0 Å². The standard InChI is InChI=1S/C18H17BrN2O6S/c1-11(27-17(22)10-28-14-6-3-12(19)4-7-14)18(23)20-15-9-13(21(24)25)5-8-16(15)26-2/h3-9,11H,10H2,1-2H3,(H,20,23). The molecule has 148 valence electrons. The van der Waals surface area contributed by atoms with Crippen molar-refractivity contribution < 1.29 is 24.0 Å². The van der Waals surface area contributed by atoms with Crippen molar-refractivity contribution in [2.24, 2.45) is 0 Å². The maximum atomic E-state index is 12.3. The summed E-state index contributed by atoms with van der Waals surface area (Å²) < 4.78 is 11.1. The molecule has 1 N–H and O–H groups in total. The van der Waals surface area contributed by atoms with Gasteiger partial charge in [0.1, 0.15) is 5.75 Å². The average molecular weight is 469 g/mol. The van der Waals surface area contributed by atoms with Crippen molar-refractivity contribution in [1.82, 2.24) is 0 Å². The molecule has 0 fully saturated rings. The van der Waals surface area contributed by atoms with Crippen molar-refractivity contribution in [2.45, 2.75) is 17.9 Å². The molecule has 0 saturated heterocycles. The van der Waals surface area contributed by atoms with E-state index in [0.29, 0.717) is 0 Å². The summed E-state index contributed by atoms with van der Waals surface area (Å²) in [5.41, 5.74) is -0.0829. The second kappa shape index (κ2) is 10.1. The fourth-order valence-corrected chi connectivity index (χ4v) is 3.04. The van der Waals surface area contributed by atoms with E-state index in [1.54, 1.807) is 0 Å². The Labute approximate surface area is 173 Å². The van der Waals surface area contributed by atoms with E-state index in [4.69, 9.17) is 9.47 Å². The normalized spacial score (nSPS) is 11.4. The molecule has 0 aliphatic heterocycles. The predicted molar refractivity (Wildman–Crippen MR) is 109 cm³/mol. The average Bonchev–Trinajstić information content (AvgIpc) is 2.67.